The SMILES string of the molecule is COCCn1c(C)cc(C(=O)CSc2ccc(C)cn2)c1C. The molecule has 0 N–H and O–H groups in total. The first-order chi connectivity index (χ1) is 10.5. The summed E-state index contributed by atoms with van der Waals surface area (Å²) in [5.74, 6) is 0.550. The molecule has 2 rings (SSSR count). The first kappa shape index (κ1) is 16.8. The van der Waals surface area contributed by atoms with Crippen LogP contribution >= 0.6 is 11.8 Å². The maximum absolute atomic E-state index is 12.5. The molecule has 0 bridgehead atoms. The van der Waals surface area contributed by atoms with Gasteiger partial charge in [-0.15, -0.1) is 0 Å². The van der Waals surface area contributed by atoms with Gasteiger partial charge in [-0.2, -0.15) is 0 Å². The number of carbonyl (C=O) groups is 1. The zero-order valence-corrected chi connectivity index (χ0v) is 14.4. The average molecular weight is 318 g/mol. The maximum Gasteiger partial charge on any atom is 0.174 e. The van der Waals surface area contributed by atoms with Crippen LogP contribution in [0, 0.1) is 20.8 Å². The number of hydrogen-bond acceptors (Lipinski definition) is 4. The molecule has 0 saturated carbocycles. The number of hydrogen-bond donors (Lipinski definition) is 0. The number of Topliss-reactive ketones (excluding diaryl/α,β-unsaturated/α-hetero) is 1. The second-order valence-electron chi connectivity index (χ2n) is 5.31. The molecule has 0 saturated heterocycles. The smallest absolute Gasteiger partial charge is 0.174 e. The molecule has 2 heterocycles. The Kier molecular flexibility index (Phi) is 5.80. The van der Waals surface area contributed by atoms with Gasteiger partial charge in [0.15, 0.2) is 5.78 Å². The zero-order chi connectivity index (χ0) is 16.1. The molecule has 0 radical (unpaired) electrons. The molecule has 5 heteroatoms. The lowest BCUT2D eigenvalue weighted by molar-refractivity contribution is 0.102. The van der Waals surface area contributed by atoms with E-state index in [9.17, 15) is 4.79 Å². The van der Waals surface area contributed by atoms with Crippen LogP contribution in [-0.2, 0) is 11.3 Å². The monoisotopic (exact) mass is 318 g/mol. The molecule has 0 spiro atoms. The molecule has 0 unspecified atom stereocenters. The number of aryl methyl sites for hydroxylation is 2. The summed E-state index contributed by atoms with van der Waals surface area (Å²) >= 11 is 1.48. The highest BCUT2D eigenvalue weighted by Crippen LogP contribution is 2.21. The van der Waals surface area contributed by atoms with E-state index in [-0.39, 0.29) is 5.78 Å². The normalized spacial score (nSPS) is 10.9. The van der Waals surface area contributed by atoms with Crippen LogP contribution in [0.25, 0.3) is 0 Å². The third-order valence-corrected chi connectivity index (χ3v) is 4.57. The van der Waals surface area contributed by atoms with E-state index in [1.807, 2.05) is 45.2 Å². The van der Waals surface area contributed by atoms with Crippen molar-refractivity contribution >= 4 is 17.5 Å². The van der Waals surface area contributed by atoms with Crippen LogP contribution in [0.3, 0.4) is 0 Å². The zero-order valence-electron chi connectivity index (χ0n) is 13.5. The Hall–Kier alpha value is -1.59. The minimum atomic E-state index is 0.143. The first-order valence-corrected chi connectivity index (χ1v) is 8.25. The van der Waals surface area contributed by atoms with E-state index in [4.69, 9.17) is 4.74 Å². The van der Waals surface area contributed by atoms with Crippen LogP contribution in [0.1, 0.15) is 27.3 Å². The summed E-state index contributed by atoms with van der Waals surface area (Å²) in [7, 11) is 1.69. The minimum absolute atomic E-state index is 0.143. The molecule has 4 nitrogen and oxygen atoms in total. The number of ketones is 1. The highest BCUT2D eigenvalue weighted by atomic mass is 32.2. The Labute approximate surface area is 135 Å². The summed E-state index contributed by atoms with van der Waals surface area (Å²) in [6.45, 7) is 7.43. The Morgan fingerprint density at radius 1 is 1.32 bits per heavy atom. The third kappa shape index (κ3) is 3.99. The van der Waals surface area contributed by atoms with E-state index in [0.717, 1.165) is 34.1 Å². The molecule has 0 atom stereocenters. The molecule has 0 fully saturated rings. The van der Waals surface area contributed by atoms with Gasteiger partial charge in [-0.3, -0.25) is 4.79 Å². The number of nitrogens with zero attached hydrogens (tertiary/aromatic N) is 2. The van der Waals surface area contributed by atoms with Gasteiger partial charge < -0.3 is 9.30 Å². The van der Waals surface area contributed by atoms with Crippen LogP contribution < -0.4 is 0 Å². The molecular formula is C17H22N2O2S. The fourth-order valence-corrected chi connectivity index (χ4v) is 3.09. The first-order valence-electron chi connectivity index (χ1n) is 7.27. The molecule has 2 aromatic rings. The number of methoxy groups -OCH3 is 1. The van der Waals surface area contributed by atoms with Gasteiger partial charge in [0, 0.05) is 36.8 Å². The van der Waals surface area contributed by atoms with E-state index in [2.05, 4.69) is 9.55 Å². The Morgan fingerprint density at radius 3 is 2.73 bits per heavy atom. The standard InChI is InChI=1S/C17H22N2O2S/c1-12-5-6-17(18-10-12)22-11-16(20)15-9-13(2)19(14(15)3)7-8-21-4/h5-6,9-10H,7-8,11H2,1-4H3. The maximum atomic E-state index is 12.5. The Balaban J connectivity index is 2.04. The largest absolute Gasteiger partial charge is 0.383 e. The fourth-order valence-electron chi connectivity index (χ4n) is 2.37. The van der Waals surface area contributed by atoms with Gasteiger partial charge in [0.1, 0.15) is 0 Å². The molecule has 0 amide bonds. The second kappa shape index (κ2) is 7.61. The van der Waals surface area contributed by atoms with E-state index >= 15 is 0 Å². The minimum Gasteiger partial charge on any atom is -0.383 e. The van der Waals surface area contributed by atoms with Gasteiger partial charge in [-0.1, -0.05) is 17.8 Å². The van der Waals surface area contributed by atoms with Crippen molar-refractivity contribution in [3.8, 4) is 0 Å². The fraction of sp³-hybridized carbons (Fsp3) is 0.412. The van der Waals surface area contributed by atoms with Crippen molar-refractivity contribution in [1.29, 1.82) is 0 Å². The van der Waals surface area contributed by atoms with Crippen molar-refractivity contribution in [3.63, 3.8) is 0 Å². The number of rotatable bonds is 7. The number of ether oxygens (including phenoxy) is 1. The number of aromatic nitrogens is 2. The molecule has 2 aromatic heterocycles. The van der Waals surface area contributed by atoms with Crippen molar-refractivity contribution in [2.24, 2.45) is 0 Å². The number of thioether (sulfide) groups is 1. The van der Waals surface area contributed by atoms with Crippen molar-refractivity contribution < 1.29 is 9.53 Å². The molecule has 0 aliphatic rings. The van der Waals surface area contributed by atoms with Gasteiger partial charge in [-0.25, -0.2) is 4.98 Å². The summed E-state index contributed by atoms with van der Waals surface area (Å²) in [4.78, 5) is 16.8. The lowest BCUT2D eigenvalue weighted by Crippen LogP contribution is -2.09. The number of pyridine rings is 1. The molecule has 118 valence electrons. The van der Waals surface area contributed by atoms with Crippen molar-refractivity contribution in [2.45, 2.75) is 32.3 Å². The van der Waals surface area contributed by atoms with E-state index < -0.39 is 0 Å². The van der Waals surface area contributed by atoms with Gasteiger partial charge >= 0.3 is 0 Å². The summed E-state index contributed by atoms with van der Waals surface area (Å²) in [6.07, 6.45) is 1.82. The summed E-state index contributed by atoms with van der Waals surface area (Å²) in [6, 6.07) is 5.93. The summed E-state index contributed by atoms with van der Waals surface area (Å²) in [5.41, 5.74) is 4.03. The van der Waals surface area contributed by atoms with E-state index in [1.54, 1.807) is 7.11 Å². The average Bonchev–Trinajstić information content (AvgIpc) is 2.79. The summed E-state index contributed by atoms with van der Waals surface area (Å²) in [5, 5.41) is 0.882. The molecular weight excluding hydrogens is 296 g/mol. The van der Waals surface area contributed by atoms with Crippen LogP contribution in [0.5, 0.6) is 0 Å². The van der Waals surface area contributed by atoms with Crippen molar-refractivity contribution in [2.75, 3.05) is 19.5 Å². The Bertz CT molecular complexity index is 647. The van der Waals surface area contributed by atoms with Crippen molar-refractivity contribution in [3.05, 3.63) is 46.9 Å². The topological polar surface area (TPSA) is 44.1 Å². The van der Waals surface area contributed by atoms with Gasteiger partial charge in [0.25, 0.3) is 0 Å². The molecule has 0 aliphatic heterocycles. The summed E-state index contributed by atoms with van der Waals surface area (Å²) < 4.78 is 7.25. The number of carbonyl (C=O) groups excluding carboxylic acids is 1. The molecule has 0 aliphatic carbocycles. The van der Waals surface area contributed by atoms with Crippen LogP contribution in [0.15, 0.2) is 29.4 Å². The van der Waals surface area contributed by atoms with Gasteiger partial charge in [-0.05, 0) is 38.5 Å². The van der Waals surface area contributed by atoms with E-state index in [0.29, 0.717) is 12.4 Å². The predicted octanol–water partition coefficient (Wildman–Crippen LogP) is 3.43. The molecule has 22 heavy (non-hydrogen) atoms. The van der Waals surface area contributed by atoms with Crippen molar-refractivity contribution in [1.82, 2.24) is 9.55 Å². The van der Waals surface area contributed by atoms with Crippen LogP contribution in [-0.4, -0.2) is 34.8 Å². The molecule has 0 aromatic carbocycles. The third-order valence-electron chi connectivity index (χ3n) is 3.63. The highest BCUT2D eigenvalue weighted by Gasteiger charge is 2.15. The Morgan fingerprint density at radius 2 is 2.09 bits per heavy atom. The second-order valence-corrected chi connectivity index (χ2v) is 6.31. The van der Waals surface area contributed by atoms with Crippen LogP contribution in [0.4, 0.5) is 0 Å². The van der Waals surface area contributed by atoms with Gasteiger partial charge in [0.2, 0.25) is 0 Å². The highest BCUT2D eigenvalue weighted by molar-refractivity contribution is 7.99. The quantitative estimate of drug-likeness (QED) is 0.579. The van der Waals surface area contributed by atoms with E-state index in [1.165, 1.54) is 11.8 Å². The predicted molar refractivity (Wildman–Crippen MR) is 89.8 cm³/mol. The van der Waals surface area contributed by atoms with Crippen LogP contribution in [0.2, 0.25) is 0 Å². The van der Waals surface area contributed by atoms with Gasteiger partial charge in [0.05, 0.1) is 17.4 Å². The lowest BCUT2D eigenvalue weighted by atomic mass is 10.2. The lowest BCUT2D eigenvalue weighted by Gasteiger charge is -2.08.